The van der Waals surface area contributed by atoms with E-state index in [1.54, 1.807) is 0 Å². The fourth-order valence-electron chi connectivity index (χ4n) is 3.81. The molecule has 35 heavy (non-hydrogen) atoms. The van der Waals surface area contributed by atoms with Crippen molar-refractivity contribution in [3.63, 3.8) is 0 Å². The van der Waals surface area contributed by atoms with Crippen LogP contribution in [0.15, 0.2) is 54.6 Å². The van der Waals surface area contributed by atoms with Crippen molar-refractivity contribution in [2.24, 2.45) is 5.92 Å². The van der Waals surface area contributed by atoms with Gasteiger partial charge in [0.05, 0.1) is 32.0 Å². The molecular weight excluding hydrogens is 479 g/mol. The Morgan fingerprint density at radius 1 is 1.11 bits per heavy atom. The van der Waals surface area contributed by atoms with Crippen molar-refractivity contribution in [2.45, 2.75) is 31.9 Å². The van der Waals surface area contributed by atoms with Gasteiger partial charge in [-0.2, -0.15) is 4.31 Å². The van der Waals surface area contributed by atoms with Gasteiger partial charge >= 0.3 is 5.97 Å². The molecule has 1 aliphatic heterocycles. The second-order valence-corrected chi connectivity index (χ2v) is 10.1. The number of rotatable bonds is 11. The third-order valence-electron chi connectivity index (χ3n) is 5.63. The minimum absolute atomic E-state index is 0.00229. The highest BCUT2D eigenvalue weighted by Crippen LogP contribution is 2.27. The Balaban J connectivity index is 1.60. The summed E-state index contributed by atoms with van der Waals surface area (Å²) >= 11 is 0. The number of carbonyl (C=O) groups excluding carboxylic acids is 2. The van der Waals surface area contributed by atoms with Crippen LogP contribution in [-0.4, -0.2) is 56.7 Å². The number of nitrogens with zero attached hydrogens (tertiary/aromatic N) is 1. The van der Waals surface area contributed by atoms with Gasteiger partial charge in [-0.25, -0.2) is 18.3 Å². The zero-order chi connectivity index (χ0) is 25.3. The molecule has 0 aliphatic carbocycles. The van der Waals surface area contributed by atoms with Gasteiger partial charge in [0.1, 0.15) is 17.6 Å². The number of sulfonamides is 1. The predicted molar refractivity (Wildman–Crippen MR) is 125 cm³/mol. The molecule has 2 aromatic rings. The molecule has 1 amide bonds. The molecule has 190 valence electrons. The second-order valence-electron chi connectivity index (χ2n) is 8.08. The Labute approximate surface area is 204 Å². The van der Waals surface area contributed by atoms with Gasteiger partial charge in [-0.15, -0.1) is 0 Å². The van der Waals surface area contributed by atoms with Crippen molar-refractivity contribution in [2.75, 3.05) is 26.0 Å². The molecule has 1 fully saturated rings. The van der Waals surface area contributed by atoms with Crippen LogP contribution in [0.5, 0.6) is 5.75 Å². The molecule has 0 aromatic heterocycles. The summed E-state index contributed by atoms with van der Waals surface area (Å²) in [5.74, 6) is -1.97. The number of hydroxylamine groups is 1. The van der Waals surface area contributed by atoms with E-state index in [9.17, 15) is 22.4 Å². The van der Waals surface area contributed by atoms with E-state index in [4.69, 9.17) is 14.3 Å². The molecule has 1 aliphatic rings. The molecule has 3 rings (SSSR count). The number of methoxy groups -OCH3 is 1. The van der Waals surface area contributed by atoms with Crippen molar-refractivity contribution < 1.29 is 36.7 Å². The normalized spacial score (nSPS) is 18.6. The summed E-state index contributed by atoms with van der Waals surface area (Å²) in [6.45, 7) is 0.200. The van der Waals surface area contributed by atoms with E-state index in [1.807, 2.05) is 30.3 Å². The monoisotopic (exact) mass is 508 g/mol. The Hall–Kier alpha value is -3.02. The van der Waals surface area contributed by atoms with Crippen molar-refractivity contribution in [1.82, 2.24) is 9.79 Å². The van der Waals surface area contributed by atoms with Crippen molar-refractivity contribution in [3.8, 4) is 5.75 Å². The molecule has 1 N–H and O–H groups in total. The molecule has 11 heteroatoms. The molecule has 2 aromatic carbocycles. The Morgan fingerprint density at radius 3 is 2.51 bits per heavy atom. The quantitative estimate of drug-likeness (QED) is 0.282. The maximum absolute atomic E-state index is 13.1. The standard InChI is InChI=1S/C24H29FN2O7S/c1-32-24(29)19-12-13-27(22(16-19)23(28)26-34-17-18-6-3-2-4-7-18)35(30,31)15-5-14-33-21-10-8-20(25)9-11-21/h2-4,6-11,19,22H,5,12-17H2,1H3,(H,26,28)/t19-,22-/m1/s1. The van der Waals surface area contributed by atoms with Gasteiger partial charge in [0, 0.05) is 6.54 Å². The number of esters is 1. The topological polar surface area (TPSA) is 111 Å². The van der Waals surface area contributed by atoms with Crippen LogP contribution in [0.1, 0.15) is 24.8 Å². The first-order valence-electron chi connectivity index (χ1n) is 11.2. The number of hydrogen-bond acceptors (Lipinski definition) is 7. The number of piperidine rings is 1. The van der Waals surface area contributed by atoms with Gasteiger partial charge in [-0.3, -0.25) is 14.4 Å². The van der Waals surface area contributed by atoms with Crippen LogP contribution >= 0.6 is 0 Å². The third kappa shape index (κ3) is 7.74. The smallest absolute Gasteiger partial charge is 0.308 e. The van der Waals surface area contributed by atoms with Gasteiger partial charge in [0.25, 0.3) is 5.91 Å². The van der Waals surface area contributed by atoms with Gasteiger partial charge in [-0.05, 0) is 49.1 Å². The minimum Gasteiger partial charge on any atom is -0.494 e. The Morgan fingerprint density at radius 2 is 1.83 bits per heavy atom. The van der Waals surface area contributed by atoms with Gasteiger partial charge in [0.2, 0.25) is 10.0 Å². The van der Waals surface area contributed by atoms with Crippen LogP contribution in [0, 0.1) is 11.7 Å². The van der Waals surface area contributed by atoms with Crippen molar-refractivity contribution in [1.29, 1.82) is 0 Å². The lowest BCUT2D eigenvalue weighted by Crippen LogP contribution is -2.55. The van der Waals surface area contributed by atoms with Crippen molar-refractivity contribution >= 4 is 21.9 Å². The lowest BCUT2D eigenvalue weighted by molar-refractivity contribution is -0.149. The molecule has 2 atom stereocenters. The summed E-state index contributed by atoms with van der Waals surface area (Å²) in [5, 5.41) is 0. The molecule has 0 saturated carbocycles. The Kier molecular flexibility index (Phi) is 9.58. The number of halogens is 1. The largest absolute Gasteiger partial charge is 0.494 e. The number of carbonyl (C=O) groups is 2. The maximum atomic E-state index is 13.1. The van der Waals surface area contributed by atoms with Crippen LogP contribution in [0.4, 0.5) is 4.39 Å². The first-order chi connectivity index (χ1) is 16.8. The highest BCUT2D eigenvalue weighted by molar-refractivity contribution is 7.89. The summed E-state index contributed by atoms with van der Waals surface area (Å²) in [7, 11) is -2.59. The van der Waals surface area contributed by atoms with Gasteiger partial charge < -0.3 is 9.47 Å². The third-order valence-corrected chi connectivity index (χ3v) is 7.59. The van der Waals surface area contributed by atoms with E-state index in [0.29, 0.717) is 5.75 Å². The zero-order valence-corrected chi connectivity index (χ0v) is 20.2. The fourth-order valence-corrected chi connectivity index (χ4v) is 5.48. The highest BCUT2D eigenvalue weighted by Gasteiger charge is 2.42. The number of amides is 1. The van der Waals surface area contributed by atoms with Crippen LogP contribution in [0.25, 0.3) is 0 Å². The molecule has 1 saturated heterocycles. The molecule has 0 bridgehead atoms. The highest BCUT2D eigenvalue weighted by atomic mass is 32.2. The molecule has 0 spiro atoms. The SMILES string of the molecule is COC(=O)[C@@H]1CCN(S(=O)(=O)CCCOc2ccc(F)cc2)[C@@H](C(=O)NOCc2ccccc2)C1. The zero-order valence-electron chi connectivity index (χ0n) is 19.4. The summed E-state index contributed by atoms with van der Waals surface area (Å²) in [6.07, 6.45) is 0.390. The summed E-state index contributed by atoms with van der Waals surface area (Å²) < 4.78 is 50.5. The molecule has 9 nitrogen and oxygen atoms in total. The van der Waals surface area contributed by atoms with Crippen LogP contribution in [-0.2, 0) is 35.8 Å². The van der Waals surface area contributed by atoms with Gasteiger partial charge in [-0.1, -0.05) is 30.3 Å². The van der Waals surface area contributed by atoms with E-state index in [1.165, 1.54) is 31.4 Å². The lowest BCUT2D eigenvalue weighted by Gasteiger charge is -2.36. The Bertz CT molecular complexity index is 1080. The van der Waals surface area contributed by atoms with E-state index in [2.05, 4.69) is 5.48 Å². The van der Waals surface area contributed by atoms with E-state index < -0.39 is 39.7 Å². The first kappa shape index (κ1) is 26.6. The number of benzene rings is 2. The predicted octanol–water partition coefficient (Wildman–Crippen LogP) is 2.43. The van der Waals surface area contributed by atoms with E-state index >= 15 is 0 Å². The molecule has 1 heterocycles. The van der Waals surface area contributed by atoms with Crippen LogP contribution in [0.3, 0.4) is 0 Å². The molecular formula is C24H29FN2O7S. The van der Waals surface area contributed by atoms with E-state index in [0.717, 1.165) is 9.87 Å². The van der Waals surface area contributed by atoms with Crippen LogP contribution in [0.2, 0.25) is 0 Å². The van der Waals surface area contributed by atoms with Crippen molar-refractivity contribution in [3.05, 3.63) is 66.0 Å². The first-order valence-corrected chi connectivity index (χ1v) is 12.8. The second kappa shape index (κ2) is 12.6. The summed E-state index contributed by atoms with van der Waals surface area (Å²) in [4.78, 5) is 30.2. The number of nitrogens with one attached hydrogen (secondary N) is 1. The lowest BCUT2D eigenvalue weighted by atomic mass is 9.92. The average molecular weight is 509 g/mol. The molecule has 0 radical (unpaired) electrons. The fraction of sp³-hybridized carbons (Fsp3) is 0.417. The average Bonchev–Trinajstić information content (AvgIpc) is 2.87. The number of ether oxygens (including phenoxy) is 2. The number of hydrogen-bond donors (Lipinski definition) is 1. The molecule has 0 unspecified atom stereocenters. The van der Waals surface area contributed by atoms with E-state index in [-0.39, 0.29) is 44.8 Å². The summed E-state index contributed by atoms with van der Waals surface area (Å²) in [6, 6.07) is 13.5. The minimum atomic E-state index is -3.85. The van der Waals surface area contributed by atoms with Gasteiger partial charge in [0.15, 0.2) is 0 Å². The maximum Gasteiger partial charge on any atom is 0.308 e. The summed E-state index contributed by atoms with van der Waals surface area (Å²) in [5.41, 5.74) is 3.15. The van der Waals surface area contributed by atoms with Crippen LogP contribution < -0.4 is 10.2 Å².